The van der Waals surface area contributed by atoms with Crippen molar-refractivity contribution in [3.63, 3.8) is 0 Å². The molecular weight excluding hydrogens is 152 g/mol. The number of rotatable bonds is 1. The minimum Gasteiger partial charge on any atom is -0.381 e. The second-order valence-electron chi connectivity index (χ2n) is 4.90. The summed E-state index contributed by atoms with van der Waals surface area (Å²) in [6.07, 6.45) is 3.93. The minimum atomic E-state index is 0.480. The van der Waals surface area contributed by atoms with Crippen LogP contribution in [0.3, 0.4) is 0 Å². The molecule has 4 rings (SSSR count). The summed E-state index contributed by atoms with van der Waals surface area (Å²) < 4.78 is 11.1. The van der Waals surface area contributed by atoms with Gasteiger partial charge in [0.2, 0.25) is 0 Å². The van der Waals surface area contributed by atoms with E-state index >= 15 is 0 Å². The van der Waals surface area contributed by atoms with Crippen molar-refractivity contribution in [2.45, 2.75) is 6.42 Å². The van der Waals surface area contributed by atoms with Crippen LogP contribution in [0.15, 0.2) is 0 Å². The van der Waals surface area contributed by atoms with Crippen molar-refractivity contribution in [2.24, 2.45) is 22.7 Å². The minimum absolute atomic E-state index is 0.480. The summed E-state index contributed by atoms with van der Waals surface area (Å²) in [5.74, 6) is 1.66. The summed E-state index contributed by atoms with van der Waals surface area (Å²) in [5, 5.41) is 0. The van der Waals surface area contributed by atoms with E-state index in [9.17, 15) is 0 Å². The molecule has 1 radical (unpaired) electrons. The Labute approximate surface area is 72.2 Å². The second kappa shape index (κ2) is 1.60. The lowest BCUT2D eigenvalue weighted by Gasteiger charge is -2.20. The fraction of sp³-hybridized carbons (Fsp3) is 0.900. The van der Waals surface area contributed by atoms with Crippen LogP contribution in [0.4, 0.5) is 0 Å². The third kappa shape index (κ3) is 0.471. The van der Waals surface area contributed by atoms with Gasteiger partial charge in [0, 0.05) is 10.8 Å². The van der Waals surface area contributed by atoms with Gasteiger partial charge in [-0.05, 0) is 24.7 Å². The molecule has 2 aliphatic heterocycles. The molecule has 4 atom stereocenters. The van der Waals surface area contributed by atoms with Gasteiger partial charge in [-0.25, -0.2) is 0 Å². The molecule has 2 saturated carbocycles. The van der Waals surface area contributed by atoms with Crippen molar-refractivity contribution in [1.29, 1.82) is 0 Å². The van der Waals surface area contributed by atoms with E-state index in [1.165, 1.54) is 6.42 Å². The van der Waals surface area contributed by atoms with Gasteiger partial charge in [-0.2, -0.15) is 0 Å². The molecule has 0 aromatic rings. The summed E-state index contributed by atoms with van der Waals surface area (Å²) in [5.41, 5.74) is 1.03. The molecule has 0 bridgehead atoms. The van der Waals surface area contributed by atoms with Crippen LogP contribution in [0, 0.1) is 29.1 Å². The van der Waals surface area contributed by atoms with Crippen LogP contribution in [0.5, 0.6) is 0 Å². The van der Waals surface area contributed by atoms with E-state index in [0.717, 1.165) is 38.3 Å². The first-order valence-electron chi connectivity index (χ1n) is 4.89. The molecule has 2 aliphatic carbocycles. The van der Waals surface area contributed by atoms with Crippen molar-refractivity contribution >= 4 is 0 Å². The van der Waals surface area contributed by atoms with Crippen molar-refractivity contribution in [1.82, 2.24) is 0 Å². The lowest BCUT2D eigenvalue weighted by Crippen LogP contribution is -2.24. The van der Waals surface area contributed by atoms with Crippen molar-refractivity contribution in [3.8, 4) is 0 Å². The molecule has 2 saturated heterocycles. The Morgan fingerprint density at radius 1 is 1.17 bits per heavy atom. The van der Waals surface area contributed by atoms with Gasteiger partial charge in [-0.3, -0.25) is 0 Å². The summed E-state index contributed by atoms with van der Waals surface area (Å²) in [4.78, 5) is 0. The fourth-order valence-electron chi connectivity index (χ4n) is 3.56. The van der Waals surface area contributed by atoms with E-state index in [0.29, 0.717) is 10.8 Å². The van der Waals surface area contributed by atoms with Gasteiger partial charge < -0.3 is 9.47 Å². The van der Waals surface area contributed by atoms with Gasteiger partial charge in [-0.1, -0.05) is 0 Å². The SMILES string of the molecule is [CH]1C2COCC12C12COCC1C2. The topological polar surface area (TPSA) is 18.5 Å². The van der Waals surface area contributed by atoms with Gasteiger partial charge in [0.1, 0.15) is 0 Å². The number of hydrogen-bond acceptors (Lipinski definition) is 2. The summed E-state index contributed by atoms with van der Waals surface area (Å²) in [6.45, 7) is 3.99. The van der Waals surface area contributed by atoms with Crippen LogP contribution in [-0.4, -0.2) is 26.4 Å². The first-order chi connectivity index (χ1) is 5.87. The molecule has 2 heteroatoms. The summed E-state index contributed by atoms with van der Waals surface area (Å²) in [7, 11) is 0. The zero-order chi connectivity index (χ0) is 7.81. The molecule has 2 heterocycles. The van der Waals surface area contributed by atoms with E-state index in [1.807, 2.05) is 0 Å². The highest BCUT2D eigenvalue weighted by Crippen LogP contribution is 2.78. The molecule has 0 N–H and O–H groups in total. The summed E-state index contributed by atoms with van der Waals surface area (Å²) in [6, 6.07) is 0. The Morgan fingerprint density at radius 3 is 2.58 bits per heavy atom. The third-order valence-corrected chi connectivity index (χ3v) is 4.53. The predicted octanol–water partition coefficient (Wildman–Crippen LogP) is 0.874. The first-order valence-corrected chi connectivity index (χ1v) is 4.89. The van der Waals surface area contributed by atoms with Gasteiger partial charge in [0.15, 0.2) is 0 Å². The van der Waals surface area contributed by atoms with Crippen LogP contribution in [0.1, 0.15) is 6.42 Å². The molecule has 0 amide bonds. The monoisotopic (exact) mass is 165 g/mol. The van der Waals surface area contributed by atoms with Gasteiger partial charge in [0.25, 0.3) is 0 Å². The normalized spacial score (nSPS) is 66.0. The van der Waals surface area contributed by atoms with Crippen molar-refractivity contribution in [3.05, 3.63) is 6.42 Å². The third-order valence-electron chi connectivity index (χ3n) is 4.53. The van der Waals surface area contributed by atoms with Crippen LogP contribution in [-0.2, 0) is 9.47 Å². The van der Waals surface area contributed by atoms with E-state index in [4.69, 9.17) is 9.47 Å². The Hall–Kier alpha value is -0.0800. The Morgan fingerprint density at radius 2 is 2.08 bits per heavy atom. The Bertz CT molecular complexity index is 226. The maximum atomic E-state index is 5.54. The first kappa shape index (κ1) is 6.39. The van der Waals surface area contributed by atoms with E-state index in [1.54, 1.807) is 0 Å². The quantitative estimate of drug-likeness (QED) is 0.574. The van der Waals surface area contributed by atoms with Crippen LogP contribution < -0.4 is 0 Å². The highest BCUT2D eigenvalue weighted by Gasteiger charge is 2.79. The largest absolute Gasteiger partial charge is 0.381 e. The van der Waals surface area contributed by atoms with Crippen molar-refractivity contribution in [2.75, 3.05) is 26.4 Å². The van der Waals surface area contributed by atoms with Crippen molar-refractivity contribution < 1.29 is 9.47 Å². The number of hydrogen-bond donors (Lipinski definition) is 0. The lowest BCUT2D eigenvalue weighted by molar-refractivity contribution is 0.0947. The zero-order valence-electron chi connectivity index (χ0n) is 7.08. The Balaban J connectivity index is 1.73. The predicted molar refractivity (Wildman–Crippen MR) is 42.4 cm³/mol. The average molecular weight is 165 g/mol. The van der Waals surface area contributed by atoms with Gasteiger partial charge >= 0.3 is 0 Å². The molecule has 4 aliphatic rings. The van der Waals surface area contributed by atoms with E-state index in [-0.39, 0.29) is 0 Å². The molecule has 0 aromatic carbocycles. The molecule has 0 aromatic heterocycles. The average Bonchev–Trinajstić information content (AvgIpc) is 2.91. The highest BCUT2D eigenvalue weighted by molar-refractivity contribution is 5.34. The smallest absolute Gasteiger partial charge is 0.0535 e. The highest BCUT2D eigenvalue weighted by atomic mass is 16.5. The zero-order valence-corrected chi connectivity index (χ0v) is 7.08. The van der Waals surface area contributed by atoms with E-state index in [2.05, 4.69) is 6.42 Å². The number of fused-ring (bicyclic) bond motifs is 3. The molecule has 4 unspecified atom stereocenters. The maximum Gasteiger partial charge on any atom is 0.0535 e. The standard InChI is InChI=1S/C10H13O2/c1-7-3-11-5-9(1,7)10-2-8(10)4-12-6-10/h1,7-8H,2-6H2. The van der Waals surface area contributed by atoms with Gasteiger partial charge in [-0.15, -0.1) is 0 Å². The number of ether oxygens (including phenoxy) is 2. The lowest BCUT2D eigenvalue weighted by atomic mass is 9.84. The van der Waals surface area contributed by atoms with Gasteiger partial charge in [0.05, 0.1) is 26.4 Å². The second-order valence-corrected chi connectivity index (χ2v) is 4.90. The molecule has 4 fully saturated rings. The van der Waals surface area contributed by atoms with Crippen LogP contribution in [0.25, 0.3) is 0 Å². The summed E-state index contributed by atoms with van der Waals surface area (Å²) >= 11 is 0. The van der Waals surface area contributed by atoms with E-state index < -0.39 is 0 Å². The molecule has 0 spiro atoms. The molecule has 12 heavy (non-hydrogen) atoms. The molecule has 2 nitrogen and oxygen atoms in total. The van der Waals surface area contributed by atoms with Crippen LogP contribution in [0.2, 0.25) is 0 Å². The fourth-order valence-corrected chi connectivity index (χ4v) is 3.56. The molecule has 65 valence electrons. The van der Waals surface area contributed by atoms with Crippen LogP contribution >= 0.6 is 0 Å². The maximum absolute atomic E-state index is 5.54. The molecular formula is C10H13O2. The Kier molecular flexibility index (Phi) is 0.851.